The maximum Gasteiger partial charge on any atom is 0.408 e. The van der Waals surface area contributed by atoms with Crippen molar-refractivity contribution in [3.8, 4) is 0 Å². The van der Waals surface area contributed by atoms with Gasteiger partial charge in [0.25, 0.3) is 0 Å². The number of alkyl carbamates (subject to hydrolysis) is 1. The van der Waals surface area contributed by atoms with E-state index in [9.17, 15) is 4.79 Å². The van der Waals surface area contributed by atoms with Crippen LogP contribution in [0.25, 0.3) is 0 Å². The molecular formula is C20H35N3O2. The number of amides is 1. The monoisotopic (exact) mass is 349 g/mol. The largest absolute Gasteiger partial charge is 0.444 e. The Morgan fingerprint density at radius 1 is 1.32 bits per heavy atom. The number of hydrogen-bond acceptors (Lipinski definition) is 3. The second kappa shape index (κ2) is 7.79. The van der Waals surface area contributed by atoms with Crippen molar-refractivity contribution in [2.24, 2.45) is 11.8 Å². The molecule has 1 aliphatic rings. The van der Waals surface area contributed by atoms with E-state index in [-0.39, 0.29) is 11.6 Å². The van der Waals surface area contributed by atoms with Crippen LogP contribution in [0.2, 0.25) is 0 Å². The number of rotatable bonds is 5. The zero-order chi connectivity index (χ0) is 18.7. The third-order valence-electron chi connectivity index (χ3n) is 4.76. The molecule has 0 aliphatic heterocycles. The van der Waals surface area contributed by atoms with Gasteiger partial charge in [0.05, 0.1) is 6.33 Å². The predicted molar refractivity (Wildman–Crippen MR) is 101 cm³/mol. The fourth-order valence-electron chi connectivity index (χ4n) is 3.74. The van der Waals surface area contributed by atoms with Crippen LogP contribution in [0.1, 0.15) is 72.9 Å². The Bertz CT molecular complexity index is 572. The standard InChI is InChI=1S/C20H35N3O2/c1-15-8-7-9-16(10-15)13-23-14-21-12-17(23)11-20(5,6)22-18(24)25-19(2,3)4/h12,14-16H,7-11,13H2,1-6H3,(H,22,24). The lowest BCUT2D eigenvalue weighted by molar-refractivity contribution is 0.0471. The maximum atomic E-state index is 12.1. The second-order valence-electron chi connectivity index (χ2n) is 9.36. The molecule has 25 heavy (non-hydrogen) atoms. The zero-order valence-electron chi connectivity index (χ0n) is 16.8. The number of nitrogens with one attached hydrogen (secondary N) is 1. The van der Waals surface area contributed by atoms with Gasteiger partial charge in [-0.25, -0.2) is 9.78 Å². The van der Waals surface area contributed by atoms with Crippen LogP contribution in [0.3, 0.4) is 0 Å². The van der Waals surface area contributed by atoms with Gasteiger partial charge in [-0.3, -0.25) is 0 Å². The first kappa shape index (κ1) is 19.8. The fraction of sp³-hybridized carbons (Fsp3) is 0.800. The molecule has 1 amide bonds. The molecule has 1 saturated carbocycles. The minimum Gasteiger partial charge on any atom is -0.444 e. The van der Waals surface area contributed by atoms with Gasteiger partial charge in [-0.1, -0.05) is 19.8 Å². The molecule has 1 fully saturated rings. The summed E-state index contributed by atoms with van der Waals surface area (Å²) < 4.78 is 7.65. The average Bonchev–Trinajstić information content (AvgIpc) is 2.82. The third kappa shape index (κ3) is 6.71. The van der Waals surface area contributed by atoms with Crippen molar-refractivity contribution in [1.82, 2.24) is 14.9 Å². The van der Waals surface area contributed by atoms with Crippen molar-refractivity contribution in [3.63, 3.8) is 0 Å². The third-order valence-corrected chi connectivity index (χ3v) is 4.76. The Balaban J connectivity index is 1.95. The fourth-order valence-corrected chi connectivity index (χ4v) is 3.74. The maximum absolute atomic E-state index is 12.1. The van der Waals surface area contributed by atoms with E-state index in [0.29, 0.717) is 0 Å². The van der Waals surface area contributed by atoms with Crippen LogP contribution in [0, 0.1) is 11.8 Å². The summed E-state index contributed by atoms with van der Waals surface area (Å²) >= 11 is 0. The first-order chi connectivity index (χ1) is 11.5. The van der Waals surface area contributed by atoms with Gasteiger partial charge in [0, 0.05) is 30.4 Å². The Labute approximate surface area is 152 Å². The quantitative estimate of drug-likeness (QED) is 0.848. The number of hydrogen-bond donors (Lipinski definition) is 1. The van der Waals surface area contributed by atoms with Gasteiger partial charge in [0.15, 0.2) is 0 Å². The molecule has 5 heteroatoms. The minimum atomic E-state index is -0.486. The highest BCUT2D eigenvalue weighted by molar-refractivity contribution is 5.68. The van der Waals surface area contributed by atoms with E-state index in [1.54, 1.807) is 0 Å². The number of aromatic nitrogens is 2. The average molecular weight is 350 g/mol. The Morgan fingerprint density at radius 2 is 2.04 bits per heavy atom. The van der Waals surface area contributed by atoms with Crippen LogP contribution >= 0.6 is 0 Å². The van der Waals surface area contributed by atoms with E-state index in [4.69, 9.17) is 4.74 Å². The van der Waals surface area contributed by atoms with Crippen molar-refractivity contribution in [2.45, 2.75) is 91.3 Å². The topological polar surface area (TPSA) is 56.2 Å². The van der Waals surface area contributed by atoms with E-state index in [1.807, 2.05) is 47.1 Å². The molecule has 2 atom stereocenters. The minimum absolute atomic E-state index is 0.371. The van der Waals surface area contributed by atoms with Gasteiger partial charge in [0.2, 0.25) is 0 Å². The number of ether oxygens (including phenoxy) is 1. The van der Waals surface area contributed by atoms with E-state index in [2.05, 4.69) is 21.8 Å². The van der Waals surface area contributed by atoms with E-state index >= 15 is 0 Å². The summed E-state index contributed by atoms with van der Waals surface area (Å²) in [6.07, 6.45) is 9.52. The molecular weight excluding hydrogens is 314 g/mol. The Hall–Kier alpha value is -1.52. The molecule has 1 aromatic rings. The number of imidazole rings is 1. The first-order valence-corrected chi connectivity index (χ1v) is 9.54. The number of carbonyl (C=O) groups is 1. The van der Waals surface area contributed by atoms with Gasteiger partial charge >= 0.3 is 6.09 Å². The molecule has 0 aromatic carbocycles. The second-order valence-corrected chi connectivity index (χ2v) is 9.36. The molecule has 142 valence electrons. The molecule has 1 aromatic heterocycles. The molecule has 0 bridgehead atoms. The lowest BCUT2D eigenvalue weighted by atomic mass is 9.82. The molecule has 0 radical (unpaired) electrons. The van der Waals surface area contributed by atoms with Gasteiger partial charge in [0.1, 0.15) is 5.60 Å². The van der Waals surface area contributed by atoms with Crippen LogP contribution in [0.4, 0.5) is 4.79 Å². The van der Waals surface area contributed by atoms with Gasteiger partial charge < -0.3 is 14.6 Å². The SMILES string of the molecule is CC1CCCC(Cn2cncc2CC(C)(C)NC(=O)OC(C)(C)C)C1. The number of nitrogens with zero attached hydrogens (tertiary/aromatic N) is 2. The lowest BCUT2D eigenvalue weighted by Gasteiger charge is -2.30. The van der Waals surface area contributed by atoms with Gasteiger partial charge in [-0.2, -0.15) is 0 Å². The normalized spacial score (nSPS) is 21.8. The lowest BCUT2D eigenvalue weighted by Crippen LogP contribution is -2.47. The summed E-state index contributed by atoms with van der Waals surface area (Å²) in [5.74, 6) is 1.56. The summed E-state index contributed by atoms with van der Waals surface area (Å²) in [5, 5.41) is 2.99. The van der Waals surface area contributed by atoms with Gasteiger partial charge in [-0.15, -0.1) is 0 Å². The molecule has 1 N–H and O–H groups in total. The molecule has 5 nitrogen and oxygen atoms in total. The Kier molecular flexibility index (Phi) is 6.17. The van der Waals surface area contributed by atoms with Crippen LogP contribution < -0.4 is 5.32 Å². The number of carbonyl (C=O) groups excluding carboxylic acids is 1. The van der Waals surface area contributed by atoms with Gasteiger partial charge in [-0.05, 0) is 59.3 Å². The van der Waals surface area contributed by atoms with Crippen molar-refractivity contribution in [1.29, 1.82) is 0 Å². The zero-order valence-corrected chi connectivity index (χ0v) is 16.8. The highest BCUT2D eigenvalue weighted by atomic mass is 16.6. The van der Waals surface area contributed by atoms with E-state index in [0.717, 1.165) is 24.8 Å². The summed E-state index contributed by atoms with van der Waals surface area (Å²) in [4.78, 5) is 16.4. The molecule has 1 heterocycles. The molecule has 2 unspecified atom stereocenters. The molecule has 1 aliphatic carbocycles. The first-order valence-electron chi connectivity index (χ1n) is 9.54. The van der Waals surface area contributed by atoms with Crippen LogP contribution in [0.5, 0.6) is 0 Å². The van der Waals surface area contributed by atoms with Crippen molar-refractivity contribution in [3.05, 3.63) is 18.2 Å². The highest BCUT2D eigenvalue weighted by Gasteiger charge is 2.27. The summed E-state index contributed by atoms with van der Waals surface area (Å²) in [6, 6.07) is 0. The summed E-state index contributed by atoms with van der Waals surface area (Å²) in [7, 11) is 0. The van der Waals surface area contributed by atoms with Crippen molar-refractivity contribution >= 4 is 6.09 Å². The smallest absolute Gasteiger partial charge is 0.408 e. The predicted octanol–water partition coefficient (Wildman–Crippen LogP) is 4.56. The van der Waals surface area contributed by atoms with Crippen LogP contribution in [-0.4, -0.2) is 26.8 Å². The molecule has 2 rings (SSSR count). The van der Waals surface area contributed by atoms with Crippen LogP contribution in [0.15, 0.2) is 12.5 Å². The van der Waals surface area contributed by atoms with Crippen molar-refractivity contribution < 1.29 is 9.53 Å². The van der Waals surface area contributed by atoms with E-state index < -0.39 is 5.60 Å². The van der Waals surface area contributed by atoms with Crippen LogP contribution in [-0.2, 0) is 17.7 Å². The van der Waals surface area contributed by atoms with E-state index in [1.165, 1.54) is 31.4 Å². The molecule has 0 saturated heterocycles. The Morgan fingerprint density at radius 3 is 2.68 bits per heavy atom. The highest BCUT2D eigenvalue weighted by Crippen LogP contribution is 2.30. The summed E-state index contributed by atoms with van der Waals surface area (Å²) in [5.41, 5.74) is 0.291. The summed E-state index contributed by atoms with van der Waals surface area (Å²) in [6.45, 7) is 13.1. The van der Waals surface area contributed by atoms with Crippen molar-refractivity contribution in [2.75, 3.05) is 0 Å². The molecule has 0 spiro atoms.